The van der Waals surface area contributed by atoms with E-state index in [9.17, 15) is 9.90 Å². The fourth-order valence-electron chi connectivity index (χ4n) is 2.05. The van der Waals surface area contributed by atoms with Gasteiger partial charge in [0.25, 0.3) is 0 Å². The highest BCUT2D eigenvalue weighted by Gasteiger charge is 2.31. The molecule has 5 nitrogen and oxygen atoms in total. The molecule has 1 aliphatic carbocycles. The van der Waals surface area contributed by atoms with Gasteiger partial charge in [-0.05, 0) is 12.1 Å². The van der Waals surface area contributed by atoms with Crippen LogP contribution in [0.25, 0.3) is 11.3 Å². The molecule has 0 fully saturated rings. The number of Topliss-reactive ketones (excluding diaryl/α,β-unsaturated/α-hetero) is 1. The Bertz CT molecular complexity index is 562. The summed E-state index contributed by atoms with van der Waals surface area (Å²) in [5.74, 6) is 0.339. The fourth-order valence-corrected chi connectivity index (χ4v) is 2.05. The molecule has 86 valence electrons. The van der Waals surface area contributed by atoms with Crippen LogP contribution in [0.15, 0.2) is 29.0 Å². The average Bonchev–Trinajstić information content (AvgIpc) is 2.74. The maximum Gasteiger partial charge on any atom is 0.171 e. The number of carbonyl (C=O) groups excluding carboxylic acids is 1. The summed E-state index contributed by atoms with van der Waals surface area (Å²) in [6, 6.07) is 3.60. The van der Waals surface area contributed by atoms with Gasteiger partial charge in [0, 0.05) is 30.8 Å². The molecule has 0 spiro atoms. The standard InChI is InChI=1S/C12H10N2O3/c15-8-4-9(16)11-10(5-8)17-14-12(11)7-2-1-3-13-6-7/h1-3,6,8,15H,4-5H2. The number of aromatic nitrogens is 2. The zero-order valence-electron chi connectivity index (χ0n) is 8.96. The summed E-state index contributed by atoms with van der Waals surface area (Å²) in [5.41, 5.74) is 1.76. The van der Waals surface area contributed by atoms with Gasteiger partial charge in [0.1, 0.15) is 5.69 Å². The summed E-state index contributed by atoms with van der Waals surface area (Å²) < 4.78 is 5.12. The minimum Gasteiger partial charge on any atom is -0.392 e. The van der Waals surface area contributed by atoms with Crippen molar-refractivity contribution in [2.45, 2.75) is 18.9 Å². The van der Waals surface area contributed by atoms with Gasteiger partial charge in [-0.25, -0.2) is 0 Å². The molecule has 0 saturated carbocycles. The van der Waals surface area contributed by atoms with Crippen molar-refractivity contribution in [3.63, 3.8) is 0 Å². The second-order valence-electron chi connectivity index (χ2n) is 4.06. The molecule has 5 heteroatoms. The monoisotopic (exact) mass is 230 g/mol. The van der Waals surface area contributed by atoms with Crippen molar-refractivity contribution < 1.29 is 14.4 Å². The summed E-state index contributed by atoms with van der Waals surface area (Å²) in [5, 5.41) is 13.4. The molecule has 1 N–H and O–H groups in total. The predicted molar refractivity (Wildman–Crippen MR) is 58.4 cm³/mol. The normalized spacial score (nSPS) is 19.1. The summed E-state index contributed by atoms with van der Waals surface area (Å²) in [6.07, 6.45) is 3.10. The summed E-state index contributed by atoms with van der Waals surface area (Å²) in [6.45, 7) is 0. The molecule has 0 saturated heterocycles. The molecule has 1 atom stereocenters. The van der Waals surface area contributed by atoms with Crippen molar-refractivity contribution in [2.75, 3.05) is 0 Å². The molecule has 2 aromatic rings. The Balaban J connectivity index is 2.13. The van der Waals surface area contributed by atoms with Crippen LogP contribution in [0, 0.1) is 0 Å². The van der Waals surface area contributed by atoms with Gasteiger partial charge in [-0.2, -0.15) is 0 Å². The first-order valence-electron chi connectivity index (χ1n) is 5.36. The van der Waals surface area contributed by atoms with Crippen LogP contribution in [-0.2, 0) is 6.42 Å². The number of ketones is 1. The second-order valence-corrected chi connectivity index (χ2v) is 4.06. The first kappa shape index (κ1) is 10.2. The van der Waals surface area contributed by atoms with Gasteiger partial charge in [0.15, 0.2) is 11.5 Å². The van der Waals surface area contributed by atoms with Crippen LogP contribution in [0.3, 0.4) is 0 Å². The van der Waals surface area contributed by atoms with Crippen LogP contribution in [-0.4, -0.2) is 27.1 Å². The molecule has 17 heavy (non-hydrogen) atoms. The van der Waals surface area contributed by atoms with Gasteiger partial charge in [0.2, 0.25) is 0 Å². The molecule has 0 bridgehead atoms. The molecule has 3 rings (SSSR count). The maximum absolute atomic E-state index is 11.9. The number of hydrogen-bond donors (Lipinski definition) is 1. The van der Waals surface area contributed by atoms with E-state index in [1.807, 2.05) is 6.07 Å². The van der Waals surface area contributed by atoms with Crippen molar-refractivity contribution in [3.05, 3.63) is 35.9 Å². The molecule has 0 aliphatic heterocycles. The lowest BCUT2D eigenvalue weighted by Gasteiger charge is -2.14. The van der Waals surface area contributed by atoms with E-state index in [4.69, 9.17) is 4.52 Å². The van der Waals surface area contributed by atoms with E-state index in [0.717, 1.165) is 5.56 Å². The minimum absolute atomic E-state index is 0.126. The Labute approximate surface area is 97.1 Å². The second kappa shape index (κ2) is 3.78. The first-order chi connectivity index (χ1) is 8.25. The first-order valence-corrected chi connectivity index (χ1v) is 5.36. The Morgan fingerprint density at radius 2 is 2.29 bits per heavy atom. The van der Waals surface area contributed by atoms with Gasteiger partial charge in [0.05, 0.1) is 11.7 Å². The Hall–Kier alpha value is -2.01. The number of aliphatic hydroxyl groups excluding tert-OH is 1. The number of aliphatic hydroxyl groups is 1. The molecule has 0 aromatic carbocycles. The number of carbonyl (C=O) groups is 1. The SMILES string of the molecule is O=C1CC(O)Cc2onc(-c3cccnc3)c21. The van der Waals surface area contributed by atoms with Crippen LogP contribution in [0.4, 0.5) is 0 Å². The predicted octanol–water partition coefficient (Wildman–Crippen LogP) is 1.23. The lowest BCUT2D eigenvalue weighted by Crippen LogP contribution is -2.23. The molecule has 1 unspecified atom stereocenters. The van der Waals surface area contributed by atoms with Crippen LogP contribution >= 0.6 is 0 Å². The van der Waals surface area contributed by atoms with E-state index in [2.05, 4.69) is 10.1 Å². The van der Waals surface area contributed by atoms with E-state index in [0.29, 0.717) is 23.4 Å². The van der Waals surface area contributed by atoms with Crippen molar-refractivity contribution in [3.8, 4) is 11.3 Å². The number of fused-ring (bicyclic) bond motifs is 1. The molecule has 2 aromatic heterocycles. The quantitative estimate of drug-likeness (QED) is 0.797. The van der Waals surface area contributed by atoms with Crippen molar-refractivity contribution >= 4 is 5.78 Å². The van der Waals surface area contributed by atoms with Gasteiger partial charge in [-0.1, -0.05) is 5.16 Å². The van der Waals surface area contributed by atoms with Gasteiger partial charge in [-0.3, -0.25) is 9.78 Å². The van der Waals surface area contributed by atoms with Crippen LogP contribution in [0.2, 0.25) is 0 Å². The zero-order chi connectivity index (χ0) is 11.8. The maximum atomic E-state index is 11.9. The number of rotatable bonds is 1. The number of nitrogens with zero attached hydrogens (tertiary/aromatic N) is 2. The van der Waals surface area contributed by atoms with Gasteiger partial charge < -0.3 is 9.63 Å². The molecule has 2 heterocycles. The Morgan fingerprint density at radius 1 is 1.41 bits per heavy atom. The Morgan fingerprint density at radius 3 is 3.06 bits per heavy atom. The van der Waals surface area contributed by atoms with E-state index >= 15 is 0 Å². The van der Waals surface area contributed by atoms with E-state index in [1.165, 1.54) is 0 Å². The van der Waals surface area contributed by atoms with Crippen molar-refractivity contribution in [1.82, 2.24) is 10.1 Å². The van der Waals surface area contributed by atoms with Crippen molar-refractivity contribution in [2.24, 2.45) is 0 Å². The topological polar surface area (TPSA) is 76.2 Å². The highest BCUT2D eigenvalue weighted by atomic mass is 16.5. The summed E-state index contributed by atoms with van der Waals surface area (Å²) in [7, 11) is 0. The van der Waals surface area contributed by atoms with Crippen LogP contribution in [0.1, 0.15) is 22.5 Å². The molecular weight excluding hydrogens is 220 g/mol. The third kappa shape index (κ3) is 1.64. The summed E-state index contributed by atoms with van der Waals surface area (Å²) in [4.78, 5) is 15.9. The number of pyridine rings is 1. The smallest absolute Gasteiger partial charge is 0.171 e. The van der Waals surface area contributed by atoms with E-state index in [-0.39, 0.29) is 12.2 Å². The van der Waals surface area contributed by atoms with Crippen LogP contribution < -0.4 is 0 Å². The average molecular weight is 230 g/mol. The largest absolute Gasteiger partial charge is 0.392 e. The fraction of sp³-hybridized carbons (Fsp3) is 0.250. The van der Waals surface area contributed by atoms with Crippen molar-refractivity contribution in [1.29, 1.82) is 0 Å². The summed E-state index contributed by atoms with van der Waals surface area (Å²) >= 11 is 0. The van der Waals surface area contributed by atoms with Crippen LogP contribution in [0.5, 0.6) is 0 Å². The lowest BCUT2D eigenvalue weighted by atomic mass is 9.91. The molecule has 0 amide bonds. The Kier molecular flexibility index (Phi) is 2.26. The molecule has 0 radical (unpaired) electrons. The third-order valence-corrected chi connectivity index (χ3v) is 2.82. The van der Waals surface area contributed by atoms with Gasteiger partial charge >= 0.3 is 0 Å². The molecular formula is C12H10N2O3. The molecule has 1 aliphatic rings. The third-order valence-electron chi connectivity index (χ3n) is 2.82. The lowest BCUT2D eigenvalue weighted by molar-refractivity contribution is 0.0835. The van der Waals surface area contributed by atoms with Gasteiger partial charge in [-0.15, -0.1) is 0 Å². The van der Waals surface area contributed by atoms with E-state index in [1.54, 1.807) is 18.5 Å². The highest BCUT2D eigenvalue weighted by Crippen LogP contribution is 2.30. The van der Waals surface area contributed by atoms with E-state index < -0.39 is 6.10 Å². The zero-order valence-corrected chi connectivity index (χ0v) is 8.96. The number of hydrogen-bond acceptors (Lipinski definition) is 5. The minimum atomic E-state index is -0.662. The highest BCUT2D eigenvalue weighted by molar-refractivity contribution is 6.03.